The predicted molar refractivity (Wildman–Crippen MR) is 81.0 cm³/mol. The van der Waals surface area contributed by atoms with Crippen LogP contribution >= 0.6 is 11.6 Å². The molecule has 5 nitrogen and oxygen atoms in total. The number of benzene rings is 1. The fraction of sp³-hybridized carbons (Fsp3) is 0.600. The fourth-order valence-corrected chi connectivity index (χ4v) is 2.42. The van der Waals surface area contributed by atoms with Crippen molar-refractivity contribution in [2.45, 2.75) is 18.1 Å². The second-order valence-corrected chi connectivity index (χ2v) is 5.62. The molecule has 1 saturated heterocycles. The van der Waals surface area contributed by atoms with E-state index in [0.717, 1.165) is 6.42 Å². The number of methoxy groups -OCH3 is 1. The molecule has 1 aromatic carbocycles. The van der Waals surface area contributed by atoms with Crippen LogP contribution in [0.5, 0.6) is 5.75 Å². The van der Waals surface area contributed by atoms with Gasteiger partial charge < -0.3 is 24.6 Å². The van der Waals surface area contributed by atoms with E-state index in [0.29, 0.717) is 37.1 Å². The van der Waals surface area contributed by atoms with Gasteiger partial charge in [-0.05, 0) is 12.1 Å². The molecule has 6 heteroatoms. The van der Waals surface area contributed by atoms with Gasteiger partial charge in [0.2, 0.25) is 0 Å². The van der Waals surface area contributed by atoms with Crippen LogP contribution in [0.4, 0.5) is 0 Å². The van der Waals surface area contributed by atoms with E-state index in [9.17, 15) is 5.11 Å². The van der Waals surface area contributed by atoms with Crippen LogP contribution < -0.4 is 10.1 Å². The second kappa shape index (κ2) is 7.96. The van der Waals surface area contributed by atoms with E-state index < -0.39 is 6.10 Å². The van der Waals surface area contributed by atoms with E-state index in [1.807, 2.05) is 12.1 Å². The Morgan fingerprint density at radius 3 is 2.95 bits per heavy atom. The lowest BCUT2D eigenvalue weighted by molar-refractivity contribution is -0.0180. The molecule has 1 fully saturated rings. The summed E-state index contributed by atoms with van der Waals surface area (Å²) in [7, 11) is 1.69. The highest BCUT2D eigenvalue weighted by atomic mass is 35.5. The van der Waals surface area contributed by atoms with Crippen molar-refractivity contribution in [3.8, 4) is 5.75 Å². The minimum absolute atomic E-state index is 0.188. The third-order valence-corrected chi connectivity index (χ3v) is 3.91. The molecular formula is C15H22ClNO4. The highest BCUT2D eigenvalue weighted by Crippen LogP contribution is 2.23. The predicted octanol–water partition coefficient (Wildman–Crippen LogP) is 1.47. The lowest BCUT2D eigenvalue weighted by Gasteiger charge is -2.26. The quantitative estimate of drug-likeness (QED) is 0.761. The highest BCUT2D eigenvalue weighted by molar-refractivity contribution is 6.32. The van der Waals surface area contributed by atoms with Crippen LogP contribution in [-0.2, 0) is 9.47 Å². The van der Waals surface area contributed by atoms with Gasteiger partial charge in [-0.25, -0.2) is 0 Å². The van der Waals surface area contributed by atoms with Gasteiger partial charge >= 0.3 is 0 Å². The Kier molecular flexibility index (Phi) is 6.26. The first-order chi connectivity index (χ1) is 10.2. The number of nitrogens with one attached hydrogen (secondary N) is 1. The molecule has 0 spiro atoms. The number of aliphatic hydroxyl groups is 1. The van der Waals surface area contributed by atoms with Crippen LogP contribution in [0.2, 0.25) is 5.02 Å². The number of ether oxygens (including phenoxy) is 3. The molecule has 0 saturated carbocycles. The molecule has 1 aliphatic rings. The molecular weight excluding hydrogens is 294 g/mol. The molecule has 0 bridgehead atoms. The van der Waals surface area contributed by atoms with Crippen LogP contribution in [0, 0.1) is 0 Å². The minimum atomic E-state index is -0.613. The summed E-state index contributed by atoms with van der Waals surface area (Å²) in [6, 6.07) is 7.21. The third kappa shape index (κ3) is 4.83. The molecule has 1 heterocycles. The molecule has 1 aromatic rings. The summed E-state index contributed by atoms with van der Waals surface area (Å²) in [5.41, 5.74) is -0.274. The van der Waals surface area contributed by atoms with Gasteiger partial charge in [-0.15, -0.1) is 0 Å². The van der Waals surface area contributed by atoms with E-state index in [1.165, 1.54) is 0 Å². The maximum Gasteiger partial charge on any atom is 0.138 e. The fourth-order valence-electron chi connectivity index (χ4n) is 2.23. The normalized spacial score (nSPS) is 23.2. The Bertz CT molecular complexity index is 437. The van der Waals surface area contributed by atoms with Gasteiger partial charge in [-0.1, -0.05) is 23.7 Å². The average Bonchev–Trinajstić information content (AvgIpc) is 2.96. The number of hydrogen-bond acceptors (Lipinski definition) is 5. The third-order valence-electron chi connectivity index (χ3n) is 3.60. The molecule has 21 heavy (non-hydrogen) atoms. The SMILES string of the molecule is COC1(CNCC(O)COc2ccccc2Cl)CCOC1. The van der Waals surface area contributed by atoms with Crippen LogP contribution in [0.25, 0.3) is 0 Å². The number of rotatable bonds is 8. The van der Waals surface area contributed by atoms with Crippen molar-refractivity contribution < 1.29 is 19.3 Å². The smallest absolute Gasteiger partial charge is 0.138 e. The zero-order valence-electron chi connectivity index (χ0n) is 12.2. The monoisotopic (exact) mass is 315 g/mol. The summed E-state index contributed by atoms with van der Waals surface area (Å²) in [5, 5.41) is 13.7. The van der Waals surface area contributed by atoms with Gasteiger partial charge in [-0.2, -0.15) is 0 Å². The van der Waals surface area contributed by atoms with Crippen LogP contribution in [0.15, 0.2) is 24.3 Å². The van der Waals surface area contributed by atoms with Crippen molar-refractivity contribution in [1.82, 2.24) is 5.32 Å². The van der Waals surface area contributed by atoms with Crippen LogP contribution in [0.3, 0.4) is 0 Å². The molecule has 0 amide bonds. The molecule has 2 rings (SSSR count). The van der Waals surface area contributed by atoms with Crippen molar-refractivity contribution in [1.29, 1.82) is 0 Å². The van der Waals surface area contributed by atoms with Crippen molar-refractivity contribution in [3.05, 3.63) is 29.3 Å². The summed E-state index contributed by atoms with van der Waals surface area (Å²) < 4.78 is 16.4. The molecule has 0 aliphatic carbocycles. The molecule has 2 unspecified atom stereocenters. The van der Waals surface area contributed by atoms with Crippen LogP contribution in [0.1, 0.15) is 6.42 Å². The maximum atomic E-state index is 9.93. The summed E-state index contributed by atoms with van der Waals surface area (Å²) in [4.78, 5) is 0. The zero-order valence-corrected chi connectivity index (χ0v) is 12.9. The largest absolute Gasteiger partial charge is 0.489 e. The van der Waals surface area contributed by atoms with E-state index in [1.54, 1.807) is 19.2 Å². The molecule has 2 N–H and O–H groups in total. The molecule has 0 aromatic heterocycles. The van der Waals surface area contributed by atoms with Crippen molar-refractivity contribution >= 4 is 11.6 Å². The Morgan fingerprint density at radius 1 is 1.48 bits per heavy atom. The van der Waals surface area contributed by atoms with Crippen molar-refractivity contribution in [3.63, 3.8) is 0 Å². The molecule has 1 aliphatic heterocycles. The van der Waals surface area contributed by atoms with Crippen molar-refractivity contribution in [2.24, 2.45) is 0 Å². The summed E-state index contributed by atoms with van der Waals surface area (Å²) in [5.74, 6) is 0.579. The van der Waals surface area contributed by atoms with Gasteiger partial charge in [0.05, 0.1) is 11.6 Å². The van der Waals surface area contributed by atoms with E-state index in [-0.39, 0.29) is 12.2 Å². The Balaban J connectivity index is 1.68. The lowest BCUT2D eigenvalue weighted by Crippen LogP contribution is -2.45. The standard InChI is InChI=1S/C15H22ClNO4/c1-19-15(6-7-20-11-15)10-17-8-12(18)9-21-14-5-3-2-4-13(14)16/h2-5,12,17-18H,6-11H2,1H3. The Labute approximate surface area is 130 Å². The first kappa shape index (κ1) is 16.5. The van der Waals surface area contributed by atoms with Crippen molar-refractivity contribution in [2.75, 3.05) is 40.0 Å². The van der Waals surface area contributed by atoms with E-state index in [2.05, 4.69) is 5.32 Å². The molecule has 2 atom stereocenters. The maximum absolute atomic E-state index is 9.93. The summed E-state index contributed by atoms with van der Waals surface area (Å²) in [6.07, 6.45) is 0.250. The summed E-state index contributed by atoms with van der Waals surface area (Å²) in [6.45, 7) is 2.56. The minimum Gasteiger partial charge on any atom is -0.489 e. The first-order valence-electron chi connectivity index (χ1n) is 7.04. The number of hydrogen-bond donors (Lipinski definition) is 2. The van der Waals surface area contributed by atoms with E-state index in [4.69, 9.17) is 25.8 Å². The van der Waals surface area contributed by atoms with Gasteiger partial charge in [0.1, 0.15) is 24.1 Å². The Hall–Kier alpha value is -0.850. The number of halogens is 1. The van der Waals surface area contributed by atoms with Gasteiger partial charge in [0, 0.05) is 33.2 Å². The van der Waals surface area contributed by atoms with Crippen LogP contribution in [-0.4, -0.2) is 56.8 Å². The topological polar surface area (TPSA) is 60.0 Å². The Morgan fingerprint density at radius 2 is 2.29 bits per heavy atom. The highest BCUT2D eigenvalue weighted by Gasteiger charge is 2.34. The zero-order chi connectivity index (χ0) is 15.1. The van der Waals surface area contributed by atoms with E-state index >= 15 is 0 Å². The lowest BCUT2D eigenvalue weighted by atomic mass is 10.0. The number of para-hydroxylation sites is 1. The number of aliphatic hydroxyl groups excluding tert-OH is 1. The second-order valence-electron chi connectivity index (χ2n) is 5.22. The summed E-state index contributed by atoms with van der Waals surface area (Å²) >= 11 is 5.98. The first-order valence-corrected chi connectivity index (χ1v) is 7.42. The molecule has 118 valence electrons. The van der Waals surface area contributed by atoms with Gasteiger partial charge in [-0.3, -0.25) is 0 Å². The average molecular weight is 316 g/mol. The van der Waals surface area contributed by atoms with Gasteiger partial charge in [0.25, 0.3) is 0 Å². The van der Waals surface area contributed by atoms with Gasteiger partial charge in [0.15, 0.2) is 0 Å². The molecule has 0 radical (unpaired) electrons.